The number of hydrogen-bond donors (Lipinski definition) is 2. The summed E-state index contributed by atoms with van der Waals surface area (Å²) in [5, 5.41) is 10.5. The molecule has 0 amide bonds. The molecule has 0 saturated heterocycles. The lowest BCUT2D eigenvalue weighted by atomic mass is 9.95. The van der Waals surface area contributed by atoms with Gasteiger partial charge in [0.2, 0.25) is 5.88 Å². The Morgan fingerprint density at radius 2 is 2.31 bits per heavy atom. The van der Waals surface area contributed by atoms with Crippen molar-refractivity contribution in [3.63, 3.8) is 0 Å². The third-order valence-corrected chi connectivity index (χ3v) is 2.74. The molecule has 0 bridgehead atoms. The predicted molar refractivity (Wildman–Crippen MR) is 63.6 cm³/mol. The van der Waals surface area contributed by atoms with E-state index in [2.05, 4.69) is 29.4 Å². The van der Waals surface area contributed by atoms with E-state index in [0.29, 0.717) is 12.5 Å². The van der Waals surface area contributed by atoms with Crippen molar-refractivity contribution in [1.82, 2.24) is 15.5 Å². The van der Waals surface area contributed by atoms with Crippen LogP contribution >= 0.6 is 0 Å². The number of ether oxygens (including phenoxy) is 1. The second-order valence-corrected chi connectivity index (χ2v) is 5.50. The highest BCUT2D eigenvalue weighted by molar-refractivity contribution is 5.12. The van der Waals surface area contributed by atoms with Gasteiger partial charge in [-0.25, -0.2) is 0 Å². The summed E-state index contributed by atoms with van der Waals surface area (Å²) in [7, 11) is 0. The molecule has 0 aliphatic heterocycles. The molecule has 1 heterocycles. The second kappa shape index (κ2) is 4.45. The van der Waals surface area contributed by atoms with Gasteiger partial charge in [0.05, 0.1) is 6.61 Å². The Morgan fingerprint density at radius 1 is 1.56 bits per heavy atom. The monoisotopic (exact) mass is 223 g/mol. The van der Waals surface area contributed by atoms with Crippen LogP contribution in [0.5, 0.6) is 5.88 Å². The average molecular weight is 223 g/mol. The summed E-state index contributed by atoms with van der Waals surface area (Å²) in [5.41, 5.74) is 1.18. The third kappa shape index (κ3) is 3.52. The van der Waals surface area contributed by atoms with E-state index in [9.17, 15) is 0 Å². The van der Waals surface area contributed by atoms with Crippen LogP contribution in [-0.2, 0) is 0 Å². The maximum atomic E-state index is 5.66. The minimum Gasteiger partial charge on any atom is -0.476 e. The molecule has 90 valence electrons. The van der Waals surface area contributed by atoms with Crippen molar-refractivity contribution >= 4 is 0 Å². The normalized spacial score (nSPS) is 16.4. The van der Waals surface area contributed by atoms with E-state index in [4.69, 9.17) is 4.74 Å². The number of H-pyrrole nitrogens is 1. The fraction of sp³-hybridized carbons (Fsp3) is 0.750. The lowest BCUT2D eigenvalue weighted by Gasteiger charge is -2.24. The molecule has 0 atom stereocenters. The number of aromatic nitrogens is 2. The molecule has 1 saturated carbocycles. The van der Waals surface area contributed by atoms with Gasteiger partial charge in [0.1, 0.15) is 0 Å². The molecule has 1 aliphatic rings. The molecule has 1 fully saturated rings. The Hall–Kier alpha value is -1.03. The van der Waals surface area contributed by atoms with Crippen LogP contribution in [0.4, 0.5) is 0 Å². The molecule has 16 heavy (non-hydrogen) atoms. The smallest absolute Gasteiger partial charge is 0.232 e. The fourth-order valence-electron chi connectivity index (χ4n) is 1.50. The molecule has 0 spiro atoms. The fourth-order valence-corrected chi connectivity index (χ4v) is 1.50. The van der Waals surface area contributed by atoms with E-state index in [1.165, 1.54) is 12.8 Å². The average Bonchev–Trinajstić information content (AvgIpc) is 2.96. The lowest BCUT2D eigenvalue weighted by molar-refractivity contribution is 0.170. The molecule has 2 rings (SSSR count). The van der Waals surface area contributed by atoms with E-state index in [1.807, 2.05) is 13.0 Å². The standard InChI is InChI=1S/C12H21N3O/c1-9-6-11(15-14-9)16-8-12(2,3)7-13-10-4-5-10/h6,10,13H,4-5,7-8H2,1-3H3,(H,14,15). The van der Waals surface area contributed by atoms with Crippen molar-refractivity contribution in [1.29, 1.82) is 0 Å². The minimum absolute atomic E-state index is 0.148. The van der Waals surface area contributed by atoms with Gasteiger partial charge in [-0.2, -0.15) is 0 Å². The van der Waals surface area contributed by atoms with Crippen LogP contribution in [0.2, 0.25) is 0 Å². The maximum Gasteiger partial charge on any atom is 0.232 e. The van der Waals surface area contributed by atoms with Gasteiger partial charge in [0.15, 0.2) is 0 Å². The van der Waals surface area contributed by atoms with Gasteiger partial charge in [-0.15, -0.1) is 5.10 Å². The van der Waals surface area contributed by atoms with Crippen LogP contribution in [0.1, 0.15) is 32.4 Å². The molecule has 0 radical (unpaired) electrons. The molecule has 0 aromatic carbocycles. The van der Waals surface area contributed by atoms with Crippen LogP contribution < -0.4 is 10.1 Å². The van der Waals surface area contributed by atoms with Crippen molar-refractivity contribution in [3.8, 4) is 5.88 Å². The molecule has 1 aromatic heterocycles. The molecule has 1 aliphatic carbocycles. The quantitative estimate of drug-likeness (QED) is 0.774. The van der Waals surface area contributed by atoms with Crippen LogP contribution in [0, 0.1) is 12.3 Å². The number of aromatic amines is 1. The molecule has 4 nitrogen and oxygen atoms in total. The van der Waals surface area contributed by atoms with Gasteiger partial charge in [-0.05, 0) is 19.8 Å². The number of nitrogens with zero attached hydrogens (tertiary/aromatic N) is 1. The summed E-state index contributed by atoms with van der Waals surface area (Å²) in [5.74, 6) is 0.692. The van der Waals surface area contributed by atoms with Crippen molar-refractivity contribution < 1.29 is 4.74 Å². The van der Waals surface area contributed by atoms with E-state index in [0.717, 1.165) is 18.3 Å². The van der Waals surface area contributed by atoms with E-state index in [1.54, 1.807) is 0 Å². The second-order valence-electron chi connectivity index (χ2n) is 5.50. The van der Waals surface area contributed by atoms with Gasteiger partial charge in [0.25, 0.3) is 0 Å². The van der Waals surface area contributed by atoms with E-state index < -0.39 is 0 Å². The first-order valence-electron chi connectivity index (χ1n) is 5.93. The first kappa shape index (κ1) is 11.5. The summed E-state index contributed by atoms with van der Waals surface area (Å²) < 4.78 is 5.66. The van der Waals surface area contributed by atoms with Crippen LogP contribution in [0.25, 0.3) is 0 Å². The van der Waals surface area contributed by atoms with Crippen molar-refractivity contribution in [2.45, 2.75) is 39.7 Å². The summed E-state index contributed by atoms with van der Waals surface area (Å²) in [6.45, 7) is 8.08. The zero-order chi connectivity index (χ0) is 11.6. The summed E-state index contributed by atoms with van der Waals surface area (Å²) in [6.07, 6.45) is 2.66. The number of rotatable bonds is 6. The largest absolute Gasteiger partial charge is 0.476 e. The summed E-state index contributed by atoms with van der Waals surface area (Å²) in [4.78, 5) is 0. The highest BCUT2D eigenvalue weighted by atomic mass is 16.5. The van der Waals surface area contributed by atoms with Gasteiger partial charge in [-0.1, -0.05) is 13.8 Å². The van der Waals surface area contributed by atoms with Crippen molar-refractivity contribution in [2.24, 2.45) is 5.41 Å². The van der Waals surface area contributed by atoms with Crippen molar-refractivity contribution in [3.05, 3.63) is 11.8 Å². The first-order valence-corrected chi connectivity index (χ1v) is 5.93. The highest BCUT2D eigenvalue weighted by Crippen LogP contribution is 2.22. The highest BCUT2D eigenvalue weighted by Gasteiger charge is 2.25. The molecule has 2 N–H and O–H groups in total. The number of nitrogens with one attached hydrogen (secondary N) is 2. The number of aryl methyl sites for hydroxylation is 1. The molecular formula is C12H21N3O. The SMILES string of the molecule is Cc1cc(OCC(C)(C)CNC2CC2)n[nH]1. The topological polar surface area (TPSA) is 49.9 Å². The number of hydrogen-bond acceptors (Lipinski definition) is 3. The van der Waals surface area contributed by atoms with Crippen molar-refractivity contribution in [2.75, 3.05) is 13.2 Å². The molecule has 0 unspecified atom stereocenters. The molecule has 1 aromatic rings. The Balaban J connectivity index is 1.74. The Morgan fingerprint density at radius 3 is 2.88 bits per heavy atom. The zero-order valence-corrected chi connectivity index (χ0v) is 10.3. The third-order valence-electron chi connectivity index (χ3n) is 2.74. The lowest BCUT2D eigenvalue weighted by Crippen LogP contribution is -2.35. The Labute approximate surface area is 96.8 Å². The van der Waals surface area contributed by atoms with E-state index >= 15 is 0 Å². The first-order chi connectivity index (χ1) is 7.55. The maximum absolute atomic E-state index is 5.66. The summed E-state index contributed by atoms with van der Waals surface area (Å²) >= 11 is 0. The summed E-state index contributed by atoms with van der Waals surface area (Å²) in [6, 6.07) is 2.68. The van der Waals surface area contributed by atoms with Crippen LogP contribution in [0.15, 0.2) is 6.07 Å². The van der Waals surface area contributed by atoms with Crippen LogP contribution in [0.3, 0.4) is 0 Å². The van der Waals surface area contributed by atoms with E-state index in [-0.39, 0.29) is 5.41 Å². The van der Waals surface area contributed by atoms with Crippen LogP contribution in [-0.4, -0.2) is 29.4 Å². The van der Waals surface area contributed by atoms with Gasteiger partial charge >= 0.3 is 0 Å². The zero-order valence-electron chi connectivity index (χ0n) is 10.3. The van der Waals surface area contributed by atoms with Gasteiger partial charge in [-0.3, -0.25) is 5.10 Å². The molecular weight excluding hydrogens is 202 g/mol. The van der Waals surface area contributed by atoms with Gasteiger partial charge in [0, 0.05) is 29.8 Å². The Kier molecular flexibility index (Phi) is 3.19. The predicted octanol–water partition coefficient (Wildman–Crippen LogP) is 1.88. The molecule has 4 heteroatoms. The Bertz CT molecular complexity index is 342. The minimum atomic E-state index is 0.148. The van der Waals surface area contributed by atoms with Gasteiger partial charge < -0.3 is 10.1 Å².